The van der Waals surface area contributed by atoms with Crippen LogP contribution in [0, 0.1) is 6.92 Å². The van der Waals surface area contributed by atoms with E-state index < -0.39 is 0 Å². The van der Waals surface area contributed by atoms with Gasteiger partial charge in [0.15, 0.2) is 16.7 Å². The number of aryl methyl sites for hydroxylation is 1. The molecule has 0 bridgehead atoms. The van der Waals surface area contributed by atoms with E-state index in [1.807, 2.05) is 42.8 Å². The maximum Gasteiger partial charge on any atom is 0.188 e. The van der Waals surface area contributed by atoms with Crippen LogP contribution in [0.5, 0.6) is 5.75 Å². The number of pyridine rings is 1. The van der Waals surface area contributed by atoms with E-state index in [1.165, 1.54) is 5.56 Å². The van der Waals surface area contributed by atoms with Crippen LogP contribution in [0.3, 0.4) is 0 Å². The third-order valence-electron chi connectivity index (χ3n) is 4.24. The molecule has 0 aliphatic carbocycles. The highest BCUT2D eigenvalue weighted by molar-refractivity contribution is 7.13. The van der Waals surface area contributed by atoms with Crippen LogP contribution in [0.4, 0.5) is 10.9 Å². The van der Waals surface area contributed by atoms with E-state index in [9.17, 15) is 0 Å². The summed E-state index contributed by atoms with van der Waals surface area (Å²) in [4.78, 5) is 9.09. The van der Waals surface area contributed by atoms with Crippen molar-refractivity contribution in [3.05, 3.63) is 101 Å². The van der Waals surface area contributed by atoms with Crippen molar-refractivity contribution < 1.29 is 4.74 Å². The van der Waals surface area contributed by atoms with E-state index in [-0.39, 0.29) is 12.4 Å². The molecule has 148 valence electrons. The van der Waals surface area contributed by atoms with E-state index in [0.29, 0.717) is 12.4 Å². The molecule has 0 saturated carbocycles. The number of nitrogens with zero attached hydrogens (tertiary/aromatic N) is 2. The van der Waals surface area contributed by atoms with Gasteiger partial charge < -0.3 is 10.1 Å². The molecule has 0 aliphatic rings. The molecule has 2 aromatic heterocycles. The maximum atomic E-state index is 6.13. The van der Waals surface area contributed by atoms with Gasteiger partial charge in [0.2, 0.25) is 0 Å². The Kier molecular flexibility index (Phi) is 7.22. The van der Waals surface area contributed by atoms with Crippen LogP contribution in [-0.2, 0) is 13.0 Å². The molecule has 2 heterocycles. The molecule has 0 atom stereocenters. The summed E-state index contributed by atoms with van der Waals surface area (Å²) in [5.41, 5.74) is 4.46. The van der Waals surface area contributed by atoms with E-state index in [0.717, 1.165) is 34.1 Å². The predicted molar refractivity (Wildman–Crippen MR) is 122 cm³/mol. The average molecular weight is 424 g/mol. The molecule has 1 N–H and O–H groups in total. The molecular formula is C23H22ClN3OS. The number of benzene rings is 2. The quantitative estimate of drug-likeness (QED) is 0.385. The minimum absolute atomic E-state index is 0. The monoisotopic (exact) mass is 423 g/mol. The number of hydrogen-bond donors (Lipinski definition) is 1. The molecule has 0 spiro atoms. The van der Waals surface area contributed by atoms with E-state index in [2.05, 4.69) is 57.7 Å². The fourth-order valence-corrected chi connectivity index (χ4v) is 3.55. The SMILES string of the molecule is Cc1csc(Nc2ncc(Cc3ccccc3)cc2OCc2ccccc2)n1.Cl. The van der Waals surface area contributed by atoms with Gasteiger partial charge in [-0.1, -0.05) is 60.7 Å². The molecule has 0 saturated heterocycles. The molecule has 0 amide bonds. The standard InChI is InChI=1S/C23H21N3OS.ClH/c1-17-16-28-23(25-17)26-22-21(27-15-19-10-6-3-7-11-19)13-20(14-24-22)12-18-8-4-2-5-9-18;/h2-11,13-14,16H,12,15H2,1H3,(H,24,25,26);1H. The average Bonchev–Trinajstić information content (AvgIpc) is 3.14. The Labute approximate surface area is 181 Å². The van der Waals surface area contributed by atoms with Gasteiger partial charge in [0, 0.05) is 11.6 Å². The van der Waals surface area contributed by atoms with Gasteiger partial charge in [0.25, 0.3) is 0 Å². The molecule has 29 heavy (non-hydrogen) atoms. The van der Waals surface area contributed by atoms with Crippen molar-refractivity contribution in [3.8, 4) is 5.75 Å². The summed E-state index contributed by atoms with van der Waals surface area (Å²) in [6.07, 6.45) is 2.71. The minimum Gasteiger partial charge on any atom is -0.485 e. The van der Waals surface area contributed by atoms with Crippen LogP contribution in [0.2, 0.25) is 0 Å². The van der Waals surface area contributed by atoms with Crippen molar-refractivity contribution >= 4 is 34.7 Å². The smallest absolute Gasteiger partial charge is 0.188 e. The Hall–Kier alpha value is -2.89. The number of ether oxygens (including phenoxy) is 1. The number of nitrogens with one attached hydrogen (secondary N) is 1. The Morgan fingerprint density at radius 2 is 1.62 bits per heavy atom. The van der Waals surface area contributed by atoms with Crippen molar-refractivity contribution in [3.63, 3.8) is 0 Å². The number of halogens is 1. The van der Waals surface area contributed by atoms with Crippen molar-refractivity contribution in [2.24, 2.45) is 0 Å². The lowest BCUT2D eigenvalue weighted by atomic mass is 10.1. The summed E-state index contributed by atoms with van der Waals surface area (Å²) >= 11 is 1.56. The van der Waals surface area contributed by atoms with Crippen molar-refractivity contribution in [2.45, 2.75) is 20.0 Å². The number of rotatable bonds is 7. The van der Waals surface area contributed by atoms with Crippen LogP contribution in [-0.4, -0.2) is 9.97 Å². The number of aromatic nitrogens is 2. The second kappa shape index (κ2) is 10.0. The van der Waals surface area contributed by atoms with Gasteiger partial charge in [-0.05, 0) is 36.1 Å². The number of anilines is 2. The third-order valence-corrected chi connectivity index (χ3v) is 5.12. The molecule has 0 fully saturated rings. The van der Waals surface area contributed by atoms with Crippen LogP contribution in [0.25, 0.3) is 0 Å². The Bertz CT molecular complexity index is 1040. The van der Waals surface area contributed by atoms with E-state index >= 15 is 0 Å². The summed E-state index contributed by atoms with van der Waals surface area (Å²) in [5.74, 6) is 1.41. The highest BCUT2D eigenvalue weighted by Gasteiger charge is 2.10. The summed E-state index contributed by atoms with van der Waals surface area (Å²) in [6.45, 7) is 2.47. The Morgan fingerprint density at radius 1 is 0.931 bits per heavy atom. The predicted octanol–water partition coefficient (Wildman–Crippen LogP) is 6.18. The summed E-state index contributed by atoms with van der Waals surface area (Å²) in [6, 6.07) is 22.6. The zero-order valence-corrected chi connectivity index (χ0v) is 17.7. The number of thiazole rings is 1. The molecule has 0 unspecified atom stereocenters. The largest absolute Gasteiger partial charge is 0.485 e. The molecule has 6 heteroatoms. The minimum atomic E-state index is 0. The third kappa shape index (κ3) is 5.79. The van der Waals surface area contributed by atoms with Gasteiger partial charge in [0.05, 0.1) is 5.69 Å². The summed E-state index contributed by atoms with van der Waals surface area (Å²) in [7, 11) is 0. The van der Waals surface area contributed by atoms with Gasteiger partial charge in [-0.25, -0.2) is 9.97 Å². The molecule has 4 nitrogen and oxygen atoms in total. The van der Waals surface area contributed by atoms with Crippen molar-refractivity contribution in [2.75, 3.05) is 5.32 Å². The maximum absolute atomic E-state index is 6.13. The van der Waals surface area contributed by atoms with E-state index in [4.69, 9.17) is 4.74 Å². The lowest BCUT2D eigenvalue weighted by Gasteiger charge is -2.13. The molecule has 0 aliphatic heterocycles. The van der Waals surface area contributed by atoms with Gasteiger partial charge in [-0.15, -0.1) is 23.7 Å². The fourth-order valence-electron chi connectivity index (χ4n) is 2.87. The van der Waals surface area contributed by atoms with Crippen molar-refractivity contribution in [1.29, 1.82) is 0 Å². The second-order valence-electron chi connectivity index (χ2n) is 6.55. The van der Waals surface area contributed by atoms with Crippen molar-refractivity contribution in [1.82, 2.24) is 9.97 Å². The Balaban J connectivity index is 0.00000240. The summed E-state index contributed by atoms with van der Waals surface area (Å²) < 4.78 is 6.13. The van der Waals surface area contributed by atoms with E-state index in [1.54, 1.807) is 11.3 Å². The number of hydrogen-bond acceptors (Lipinski definition) is 5. The van der Waals surface area contributed by atoms with Crippen LogP contribution >= 0.6 is 23.7 Å². The molecule has 2 aromatic carbocycles. The molecule has 4 rings (SSSR count). The van der Waals surface area contributed by atoms with Crippen LogP contribution in [0.15, 0.2) is 78.3 Å². The highest BCUT2D eigenvalue weighted by atomic mass is 35.5. The first-order valence-electron chi connectivity index (χ1n) is 9.15. The lowest BCUT2D eigenvalue weighted by molar-refractivity contribution is 0.306. The zero-order valence-electron chi connectivity index (χ0n) is 16.0. The van der Waals surface area contributed by atoms with Gasteiger partial charge in [-0.3, -0.25) is 0 Å². The van der Waals surface area contributed by atoms with Crippen LogP contribution in [0.1, 0.15) is 22.4 Å². The lowest BCUT2D eigenvalue weighted by Crippen LogP contribution is -2.02. The molecular weight excluding hydrogens is 402 g/mol. The second-order valence-corrected chi connectivity index (χ2v) is 7.40. The normalized spacial score (nSPS) is 10.2. The Morgan fingerprint density at radius 3 is 2.28 bits per heavy atom. The fraction of sp³-hybridized carbons (Fsp3) is 0.130. The highest BCUT2D eigenvalue weighted by Crippen LogP contribution is 2.29. The molecule has 4 aromatic rings. The molecule has 0 radical (unpaired) electrons. The topological polar surface area (TPSA) is 47.0 Å². The first kappa shape index (κ1) is 20.8. The van der Waals surface area contributed by atoms with Gasteiger partial charge in [0.1, 0.15) is 6.61 Å². The summed E-state index contributed by atoms with van der Waals surface area (Å²) in [5, 5.41) is 6.11. The first-order chi connectivity index (χ1) is 13.8. The van der Waals surface area contributed by atoms with Gasteiger partial charge >= 0.3 is 0 Å². The van der Waals surface area contributed by atoms with Gasteiger partial charge in [-0.2, -0.15) is 0 Å². The first-order valence-corrected chi connectivity index (χ1v) is 10.0. The van der Waals surface area contributed by atoms with Crippen LogP contribution < -0.4 is 10.1 Å². The zero-order chi connectivity index (χ0) is 19.2.